The van der Waals surface area contributed by atoms with Gasteiger partial charge in [0.05, 0.1) is 5.60 Å². The molecule has 1 aliphatic rings. The van der Waals surface area contributed by atoms with Crippen LogP contribution >= 0.6 is 0 Å². The van der Waals surface area contributed by atoms with E-state index in [1.807, 2.05) is 12.1 Å². The third-order valence-corrected chi connectivity index (χ3v) is 2.52. The number of amides is 1. The number of hydrogen-bond donors (Lipinski definition) is 2. The first kappa shape index (κ1) is 13.4. The van der Waals surface area contributed by atoms with Gasteiger partial charge in [-0.2, -0.15) is 0 Å². The van der Waals surface area contributed by atoms with Crippen molar-refractivity contribution in [3.63, 3.8) is 0 Å². The third-order valence-electron chi connectivity index (χ3n) is 2.52. The van der Waals surface area contributed by atoms with E-state index in [4.69, 9.17) is 9.47 Å². The summed E-state index contributed by atoms with van der Waals surface area (Å²) in [5, 5.41) is 12.1. The molecule has 0 saturated carbocycles. The van der Waals surface area contributed by atoms with Crippen LogP contribution in [0.3, 0.4) is 0 Å². The molecule has 5 nitrogen and oxygen atoms in total. The minimum atomic E-state index is -0.914. The van der Waals surface area contributed by atoms with Crippen LogP contribution in [0.2, 0.25) is 0 Å². The van der Waals surface area contributed by atoms with Gasteiger partial charge in [-0.25, -0.2) is 0 Å². The summed E-state index contributed by atoms with van der Waals surface area (Å²) in [7, 11) is 0. The van der Waals surface area contributed by atoms with Gasteiger partial charge in [0.1, 0.15) is 0 Å². The maximum absolute atomic E-state index is 11.5. The summed E-state index contributed by atoms with van der Waals surface area (Å²) in [5.41, 5.74) is -0.0648. The number of benzene rings is 1. The molecule has 1 amide bonds. The molecule has 1 heterocycles. The van der Waals surface area contributed by atoms with Crippen molar-refractivity contribution < 1.29 is 19.4 Å². The zero-order valence-corrected chi connectivity index (χ0v) is 11.0. The maximum Gasteiger partial charge on any atom is 0.244 e. The smallest absolute Gasteiger partial charge is 0.244 e. The summed E-state index contributed by atoms with van der Waals surface area (Å²) in [6, 6.07) is 5.45. The molecule has 0 bridgehead atoms. The number of rotatable bonds is 4. The van der Waals surface area contributed by atoms with Crippen LogP contribution in [0.4, 0.5) is 0 Å². The Balaban J connectivity index is 1.93. The van der Waals surface area contributed by atoms with E-state index < -0.39 is 5.60 Å². The Morgan fingerprint density at radius 3 is 2.89 bits per heavy atom. The van der Waals surface area contributed by atoms with Crippen LogP contribution in [0.25, 0.3) is 6.08 Å². The molecule has 0 radical (unpaired) electrons. The summed E-state index contributed by atoms with van der Waals surface area (Å²) in [6.07, 6.45) is 3.10. The lowest BCUT2D eigenvalue weighted by atomic mass is 10.1. The number of hydrogen-bond acceptors (Lipinski definition) is 4. The molecule has 0 atom stereocenters. The molecule has 0 unspecified atom stereocenters. The second-order valence-corrected chi connectivity index (χ2v) is 4.98. The van der Waals surface area contributed by atoms with Crippen LogP contribution in [0.15, 0.2) is 24.3 Å². The van der Waals surface area contributed by atoms with Crippen LogP contribution in [-0.4, -0.2) is 30.0 Å². The van der Waals surface area contributed by atoms with E-state index in [2.05, 4.69) is 5.32 Å². The lowest BCUT2D eigenvalue weighted by molar-refractivity contribution is -0.117. The summed E-state index contributed by atoms with van der Waals surface area (Å²) in [4.78, 5) is 11.5. The lowest BCUT2D eigenvalue weighted by Gasteiger charge is -2.16. The van der Waals surface area contributed by atoms with Crippen molar-refractivity contribution in [2.75, 3.05) is 13.3 Å². The highest BCUT2D eigenvalue weighted by Gasteiger charge is 2.13. The minimum Gasteiger partial charge on any atom is -0.454 e. The van der Waals surface area contributed by atoms with Crippen molar-refractivity contribution in [2.24, 2.45) is 0 Å². The van der Waals surface area contributed by atoms with E-state index in [1.165, 1.54) is 6.08 Å². The van der Waals surface area contributed by atoms with E-state index in [1.54, 1.807) is 26.0 Å². The molecular weight excluding hydrogens is 246 g/mol. The minimum absolute atomic E-state index is 0.206. The Morgan fingerprint density at radius 2 is 2.16 bits per heavy atom. The van der Waals surface area contributed by atoms with Crippen molar-refractivity contribution in [1.29, 1.82) is 0 Å². The Morgan fingerprint density at radius 1 is 1.42 bits per heavy atom. The van der Waals surface area contributed by atoms with E-state index in [9.17, 15) is 9.90 Å². The van der Waals surface area contributed by atoms with Gasteiger partial charge in [-0.3, -0.25) is 4.79 Å². The molecule has 0 fully saturated rings. The Kier molecular flexibility index (Phi) is 3.76. The number of nitrogens with one attached hydrogen (secondary N) is 1. The highest BCUT2D eigenvalue weighted by molar-refractivity contribution is 5.91. The summed E-state index contributed by atoms with van der Waals surface area (Å²) < 4.78 is 10.5. The average Bonchev–Trinajstić information content (AvgIpc) is 2.80. The lowest BCUT2D eigenvalue weighted by Crippen LogP contribution is -2.37. The SMILES string of the molecule is CC(C)(O)CNC(=O)C=Cc1ccc2c(c1)OCO2. The second kappa shape index (κ2) is 5.32. The highest BCUT2D eigenvalue weighted by atomic mass is 16.7. The fourth-order valence-corrected chi connectivity index (χ4v) is 1.55. The van der Waals surface area contributed by atoms with E-state index in [0.29, 0.717) is 11.5 Å². The van der Waals surface area contributed by atoms with Crippen molar-refractivity contribution in [2.45, 2.75) is 19.4 Å². The number of fused-ring (bicyclic) bond motifs is 1. The first-order chi connectivity index (χ1) is 8.94. The van der Waals surface area contributed by atoms with Crippen molar-refractivity contribution >= 4 is 12.0 Å². The topological polar surface area (TPSA) is 67.8 Å². The van der Waals surface area contributed by atoms with Crippen LogP contribution < -0.4 is 14.8 Å². The third kappa shape index (κ3) is 3.99. The van der Waals surface area contributed by atoms with Gasteiger partial charge < -0.3 is 19.9 Å². The maximum atomic E-state index is 11.5. The summed E-state index contributed by atoms with van der Waals surface area (Å²) in [6.45, 7) is 3.70. The Hall–Kier alpha value is -2.01. The molecule has 102 valence electrons. The van der Waals surface area contributed by atoms with Gasteiger partial charge in [0.15, 0.2) is 11.5 Å². The molecule has 1 aromatic rings. The van der Waals surface area contributed by atoms with Crippen LogP contribution in [0.1, 0.15) is 19.4 Å². The number of ether oxygens (including phenoxy) is 2. The van der Waals surface area contributed by atoms with Crippen molar-refractivity contribution in [1.82, 2.24) is 5.32 Å². The predicted octanol–water partition coefficient (Wildman–Crippen LogP) is 1.32. The molecule has 2 rings (SSSR count). The standard InChI is InChI=1S/C14H17NO4/c1-14(2,17)8-15-13(16)6-4-10-3-5-11-12(7-10)19-9-18-11/h3-7,17H,8-9H2,1-2H3,(H,15,16). The monoisotopic (exact) mass is 263 g/mol. The summed E-state index contributed by atoms with van der Waals surface area (Å²) in [5.74, 6) is 1.14. The Labute approximate surface area is 111 Å². The molecular formula is C14H17NO4. The van der Waals surface area contributed by atoms with Gasteiger partial charge in [0.25, 0.3) is 0 Å². The van der Waals surface area contributed by atoms with Crippen LogP contribution in [-0.2, 0) is 4.79 Å². The molecule has 1 aliphatic heterocycles. The van der Waals surface area contributed by atoms with Gasteiger partial charge in [-0.1, -0.05) is 6.07 Å². The summed E-state index contributed by atoms with van der Waals surface area (Å²) >= 11 is 0. The molecule has 5 heteroatoms. The first-order valence-corrected chi connectivity index (χ1v) is 6.02. The van der Waals surface area contributed by atoms with Crippen molar-refractivity contribution in [3.8, 4) is 11.5 Å². The van der Waals surface area contributed by atoms with Gasteiger partial charge in [-0.15, -0.1) is 0 Å². The quantitative estimate of drug-likeness (QED) is 0.804. The molecule has 2 N–H and O–H groups in total. The highest BCUT2D eigenvalue weighted by Crippen LogP contribution is 2.32. The van der Waals surface area contributed by atoms with Crippen molar-refractivity contribution in [3.05, 3.63) is 29.8 Å². The zero-order chi connectivity index (χ0) is 13.9. The van der Waals surface area contributed by atoms with Gasteiger partial charge in [-0.05, 0) is 37.6 Å². The molecule has 1 aromatic carbocycles. The molecule has 0 spiro atoms. The normalized spacial score (nSPS) is 13.8. The molecule has 19 heavy (non-hydrogen) atoms. The van der Waals surface area contributed by atoms with Gasteiger partial charge >= 0.3 is 0 Å². The van der Waals surface area contributed by atoms with Gasteiger partial charge in [0.2, 0.25) is 12.7 Å². The van der Waals surface area contributed by atoms with Crippen LogP contribution in [0.5, 0.6) is 11.5 Å². The molecule has 0 aliphatic carbocycles. The number of carbonyl (C=O) groups excluding carboxylic acids is 1. The fourth-order valence-electron chi connectivity index (χ4n) is 1.55. The van der Waals surface area contributed by atoms with E-state index >= 15 is 0 Å². The molecule has 0 saturated heterocycles. The van der Waals surface area contributed by atoms with E-state index in [0.717, 1.165) is 5.56 Å². The number of carbonyl (C=O) groups is 1. The largest absolute Gasteiger partial charge is 0.454 e. The second-order valence-electron chi connectivity index (χ2n) is 4.98. The number of aliphatic hydroxyl groups is 1. The predicted molar refractivity (Wildman–Crippen MR) is 70.9 cm³/mol. The molecule has 0 aromatic heterocycles. The average molecular weight is 263 g/mol. The van der Waals surface area contributed by atoms with Gasteiger partial charge in [0, 0.05) is 12.6 Å². The zero-order valence-electron chi connectivity index (χ0n) is 11.0. The van der Waals surface area contributed by atoms with E-state index in [-0.39, 0.29) is 19.2 Å². The van der Waals surface area contributed by atoms with Crippen LogP contribution in [0, 0.1) is 0 Å². The Bertz CT molecular complexity index is 503. The first-order valence-electron chi connectivity index (χ1n) is 6.02. The fraction of sp³-hybridized carbons (Fsp3) is 0.357.